The van der Waals surface area contributed by atoms with E-state index in [1.807, 2.05) is 11.8 Å². The summed E-state index contributed by atoms with van der Waals surface area (Å²) in [7, 11) is 0. The molecule has 0 spiro atoms. The number of rotatable bonds is 4. The monoisotopic (exact) mass is 258 g/mol. The van der Waals surface area contributed by atoms with Crippen molar-refractivity contribution < 1.29 is 8.78 Å². The van der Waals surface area contributed by atoms with E-state index in [2.05, 4.69) is 5.43 Å². The quantitative estimate of drug-likeness (QED) is 0.641. The highest BCUT2D eigenvalue weighted by Crippen LogP contribution is 2.28. The third-order valence-electron chi connectivity index (χ3n) is 3.23. The number of nitrogens with one attached hydrogen (secondary N) is 1. The predicted molar refractivity (Wildman–Crippen MR) is 66.6 cm³/mol. The molecule has 3 N–H and O–H groups in total. The van der Waals surface area contributed by atoms with E-state index in [4.69, 9.17) is 5.84 Å². The van der Waals surface area contributed by atoms with E-state index in [0.717, 1.165) is 17.9 Å². The molecule has 2 unspecified atom stereocenters. The van der Waals surface area contributed by atoms with E-state index in [9.17, 15) is 8.78 Å². The van der Waals surface area contributed by atoms with Crippen LogP contribution in [0, 0.1) is 17.6 Å². The smallest absolute Gasteiger partial charge is 0.129 e. The summed E-state index contributed by atoms with van der Waals surface area (Å²) in [5.41, 5.74) is 2.83. The largest absolute Gasteiger partial charge is 0.271 e. The highest BCUT2D eigenvalue weighted by molar-refractivity contribution is 7.99. The highest BCUT2D eigenvalue weighted by Gasteiger charge is 2.26. The topological polar surface area (TPSA) is 38.0 Å². The molecule has 0 saturated carbocycles. The summed E-state index contributed by atoms with van der Waals surface area (Å²) < 4.78 is 27.0. The van der Waals surface area contributed by atoms with Crippen molar-refractivity contribution in [2.45, 2.75) is 18.9 Å². The molecule has 0 aromatic heterocycles. The van der Waals surface area contributed by atoms with Gasteiger partial charge in [0, 0.05) is 11.6 Å². The molecule has 5 heteroatoms. The lowest BCUT2D eigenvalue weighted by Crippen LogP contribution is -2.42. The molecule has 2 atom stereocenters. The average Bonchev–Trinajstić information content (AvgIpc) is 2.82. The first-order valence-corrected chi connectivity index (χ1v) is 6.84. The van der Waals surface area contributed by atoms with Gasteiger partial charge in [0.2, 0.25) is 0 Å². The number of nitrogens with two attached hydrogens (primary N) is 1. The van der Waals surface area contributed by atoms with E-state index in [1.54, 1.807) is 0 Å². The number of thioether (sulfide) groups is 1. The van der Waals surface area contributed by atoms with Crippen LogP contribution in [-0.2, 0) is 6.42 Å². The minimum absolute atomic E-state index is 0.0589. The van der Waals surface area contributed by atoms with Crippen LogP contribution in [0.1, 0.15) is 12.0 Å². The maximum atomic E-state index is 13.5. The van der Waals surface area contributed by atoms with Gasteiger partial charge in [-0.05, 0) is 42.4 Å². The molecule has 1 heterocycles. The van der Waals surface area contributed by atoms with Crippen molar-refractivity contribution in [2.24, 2.45) is 11.8 Å². The predicted octanol–water partition coefficient (Wildman–Crippen LogP) is 2.09. The zero-order valence-electron chi connectivity index (χ0n) is 9.46. The lowest BCUT2D eigenvalue weighted by Gasteiger charge is -2.22. The molecule has 1 saturated heterocycles. The van der Waals surface area contributed by atoms with Gasteiger partial charge in [0.25, 0.3) is 0 Å². The van der Waals surface area contributed by atoms with Gasteiger partial charge in [-0.3, -0.25) is 11.3 Å². The van der Waals surface area contributed by atoms with Crippen molar-refractivity contribution in [1.82, 2.24) is 5.43 Å². The third kappa shape index (κ3) is 2.97. The van der Waals surface area contributed by atoms with Crippen molar-refractivity contribution in [1.29, 1.82) is 0 Å². The van der Waals surface area contributed by atoms with E-state index in [-0.39, 0.29) is 11.6 Å². The van der Waals surface area contributed by atoms with E-state index < -0.39 is 11.6 Å². The Morgan fingerprint density at radius 1 is 1.41 bits per heavy atom. The Bertz CT molecular complexity index is 361. The van der Waals surface area contributed by atoms with Gasteiger partial charge >= 0.3 is 0 Å². The van der Waals surface area contributed by atoms with Gasteiger partial charge in [0.05, 0.1) is 0 Å². The molecule has 1 aliphatic heterocycles. The van der Waals surface area contributed by atoms with E-state index in [1.165, 1.54) is 18.2 Å². The SMILES string of the molecule is NNC(Cc1c(F)cccc1F)C1CCSC1. The fourth-order valence-electron chi connectivity index (χ4n) is 2.18. The Balaban J connectivity index is 2.12. The van der Waals surface area contributed by atoms with Crippen LogP contribution in [0.25, 0.3) is 0 Å². The van der Waals surface area contributed by atoms with Crippen LogP contribution in [0.15, 0.2) is 18.2 Å². The molecule has 2 nitrogen and oxygen atoms in total. The summed E-state index contributed by atoms with van der Waals surface area (Å²) in [5, 5.41) is 0. The number of hydrogen-bond donors (Lipinski definition) is 2. The fourth-order valence-corrected chi connectivity index (χ4v) is 3.52. The van der Waals surface area contributed by atoms with Crippen molar-refractivity contribution in [3.8, 4) is 0 Å². The van der Waals surface area contributed by atoms with Crippen LogP contribution in [0.2, 0.25) is 0 Å². The first kappa shape index (κ1) is 12.8. The van der Waals surface area contributed by atoms with Crippen LogP contribution < -0.4 is 11.3 Å². The summed E-state index contributed by atoms with van der Waals surface area (Å²) in [6, 6.07) is 3.89. The number of hydrazine groups is 1. The van der Waals surface area contributed by atoms with Gasteiger partial charge < -0.3 is 0 Å². The molecule has 1 aromatic carbocycles. The second-order valence-corrected chi connectivity index (χ2v) is 5.45. The molecule has 0 aliphatic carbocycles. The number of hydrogen-bond acceptors (Lipinski definition) is 3. The first-order valence-electron chi connectivity index (χ1n) is 5.69. The highest BCUT2D eigenvalue weighted by atomic mass is 32.2. The van der Waals surface area contributed by atoms with Gasteiger partial charge in [-0.1, -0.05) is 6.07 Å². The van der Waals surface area contributed by atoms with Gasteiger partial charge in [0.15, 0.2) is 0 Å². The molecular formula is C12H16F2N2S. The molecule has 0 bridgehead atoms. The second kappa shape index (κ2) is 5.80. The lowest BCUT2D eigenvalue weighted by atomic mass is 9.93. The van der Waals surface area contributed by atoms with Crippen molar-refractivity contribution in [2.75, 3.05) is 11.5 Å². The van der Waals surface area contributed by atoms with Gasteiger partial charge in [-0.25, -0.2) is 8.78 Å². The number of halogens is 2. The lowest BCUT2D eigenvalue weighted by molar-refractivity contribution is 0.376. The molecule has 1 aliphatic rings. The summed E-state index contributed by atoms with van der Waals surface area (Å²) in [4.78, 5) is 0. The average molecular weight is 258 g/mol. The Morgan fingerprint density at radius 2 is 2.12 bits per heavy atom. The van der Waals surface area contributed by atoms with Crippen LogP contribution in [0.5, 0.6) is 0 Å². The first-order chi connectivity index (χ1) is 8.22. The van der Waals surface area contributed by atoms with Crippen LogP contribution in [0.4, 0.5) is 8.78 Å². The standard InChI is InChI=1S/C12H16F2N2S/c13-10-2-1-3-11(14)9(10)6-12(16-15)8-4-5-17-7-8/h1-3,8,12,16H,4-7,15H2. The molecule has 2 rings (SSSR count). The molecule has 1 fully saturated rings. The summed E-state index contributed by atoms with van der Waals surface area (Å²) >= 11 is 1.86. The van der Waals surface area contributed by atoms with Gasteiger partial charge in [-0.15, -0.1) is 0 Å². The summed E-state index contributed by atoms with van der Waals surface area (Å²) in [6.07, 6.45) is 1.36. The minimum atomic E-state index is -0.490. The summed E-state index contributed by atoms with van der Waals surface area (Å²) in [5.74, 6) is 7.01. The van der Waals surface area contributed by atoms with Crippen LogP contribution in [0.3, 0.4) is 0 Å². The Hall–Kier alpha value is -0.650. The van der Waals surface area contributed by atoms with Gasteiger partial charge in [0.1, 0.15) is 11.6 Å². The molecular weight excluding hydrogens is 242 g/mol. The fraction of sp³-hybridized carbons (Fsp3) is 0.500. The Kier molecular flexibility index (Phi) is 4.36. The zero-order valence-corrected chi connectivity index (χ0v) is 10.3. The molecule has 1 aromatic rings. The van der Waals surface area contributed by atoms with Crippen LogP contribution >= 0.6 is 11.8 Å². The number of benzene rings is 1. The Morgan fingerprint density at radius 3 is 2.65 bits per heavy atom. The maximum Gasteiger partial charge on any atom is 0.129 e. The molecule has 94 valence electrons. The molecule has 0 amide bonds. The minimum Gasteiger partial charge on any atom is -0.271 e. The van der Waals surface area contributed by atoms with Crippen LogP contribution in [-0.4, -0.2) is 17.5 Å². The van der Waals surface area contributed by atoms with E-state index in [0.29, 0.717) is 12.3 Å². The second-order valence-electron chi connectivity index (χ2n) is 4.30. The normalized spacial score (nSPS) is 21.7. The van der Waals surface area contributed by atoms with Crippen molar-refractivity contribution >= 4 is 11.8 Å². The van der Waals surface area contributed by atoms with Gasteiger partial charge in [-0.2, -0.15) is 11.8 Å². The van der Waals surface area contributed by atoms with Crippen molar-refractivity contribution in [3.63, 3.8) is 0 Å². The Labute approximate surface area is 104 Å². The molecule has 17 heavy (non-hydrogen) atoms. The maximum absolute atomic E-state index is 13.5. The van der Waals surface area contributed by atoms with E-state index >= 15 is 0 Å². The zero-order chi connectivity index (χ0) is 12.3. The third-order valence-corrected chi connectivity index (χ3v) is 4.42. The molecule has 0 radical (unpaired) electrons. The summed E-state index contributed by atoms with van der Waals surface area (Å²) in [6.45, 7) is 0. The van der Waals surface area contributed by atoms with Crippen molar-refractivity contribution in [3.05, 3.63) is 35.4 Å².